The number of fused-ring (bicyclic) bond motifs is 6. The van der Waals surface area contributed by atoms with Crippen LogP contribution in [-0.2, 0) is 27.9 Å². The van der Waals surface area contributed by atoms with Crippen LogP contribution in [0, 0.1) is 22.7 Å². The SMILES string of the molecule is CC1(C)C2CCC1(CS(=O)(=O)Nc1cc(C(=O)NCc3ccco3)ccc1N1CC3CC(C1)c1cccc(=O)n1C3)C(=O)C2. The monoisotopic (exact) mass is 618 g/mol. The molecule has 0 radical (unpaired) electrons. The number of rotatable bonds is 8. The molecule has 7 rings (SSSR count). The van der Waals surface area contributed by atoms with Crippen LogP contribution in [0.1, 0.15) is 67.3 Å². The topological polar surface area (TPSA) is 131 Å². The molecule has 4 bridgehead atoms. The van der Waals surface area contributed by atoms with Crippen molar-refractivity contribution in [2.75, 3.05) is 28.5 Å². The van der Waals surface area contributed by atoms with Gasteiger partial charge in [-0.1, -0.05) is 19.9 Å². The Bertz CT molecular complexity index is 1800. The molecule has 0 spiro atoms. The fourth-order valence-electron chi connectivity index (χ4n) is 8.45. The second kappa shape index (κ2) is 10.4. The third-order valence-corrected chi connectivity index (χ3v) is 12.3. The van der Waals surface area contributed by atoms with Gasteiger partial charge in [0.2, 0.25) is 10.0 Å². The molecular weight excluding hydrogens is 580 g/mol. The summed E-state index contributed by atoms with van der Waals surface area (Å²) in [4.78, 5) is 41.1. The van der Waals surface area contributed by atoms with E-state index >= 15 is 0 Å². The predicted octanol–water partition coefficient (Wildman–Crippen LogP) is 4.13. The number of furan rings is 1. The first-order valence-electron chi connectivity index (χ1n) is 15.4. The predicted molar refractivity (Wildman–Crippen MR) is 166 cm³/mol. The number of pyridine rings is 1. The number of Topliss-reactive ketones (excluding diaryl/α,β-unsaturated/α-hetero) is 1. The zero-order valence-electron chi connectivity index (χ0n) is 25.0. The summed E-state index contributed by atoms with van der Waals surface area (Å²) in [5.41, 5.74) is 0.981. The highest BCUT2D eigenvalue weighted by atomic mass is 32.2. The van der Waals surface area contributed by atoms with Gasteiger partial charge >= 0.3 is 0 Å². The normalized spacial score (nSPS) is 26.8. The number of carbonyl (C=O) groups is 2. The smallest absolute Gasteiger partial charge is 0.251 e. The molecule has 2 saturated carbocycles. The molecule has 4 aliphatic rings. The van der Waals surface area contributed by atoms with Crippen molar-refractivity contribution in [2.45, 2.75) is 58.5 Å². The molecule has 10 nitrogen and oxygen atoms in total. The lowest BCUT2D eigenvalue weighted by molar-refractivity contribution is -0.128. The molecule has 2 aliphatic heterocycles. The average molecular weight is 619 g/mol. The Balaban J connectivity index is 1.21. The highest BCUT2D eigenvalue weighted by Crippen LogP contribution is 2.64. The summed E-state index contributed by atoms with van der Waals surface area (Å²) >= 11 is 0. The van der Waals surface area contributed by atoms with Crippen molar-refractivity contribution in [3.05, 3.63) is 82.2 Å². The van der Waals surface area contributed by atoms with E-state index in [0.29, 0.717) is 55.2 Å². The highest BCUT2D eigenvalue weighted by Gasteiger charge is 2.65. The molecule has 3 aromatic rings. The molecule has 1 saturated heterocycles. The van der Waals surface area contributed by atoms with E-state index in [9.17, 15) is 22.8 Å². The Labute approximate surface area is 256 Å². The lowest BCUT2D eigenvalue weighted by Crippen LogP contribution is -2.47. The first-order chi connectivity index (χ1) is 21.0. The minimum atomic E-state index is -3.98. The van der Waals surface area contributed by atoms with Gasteiger partial charge in [-0.15, -0.1) is 0 Å². The fourth-order valence-corrected chi connectivity index (χ4v) is 10.3. The molecule has 1 aromatic carbocycles. The standard InChI is InChI=1S/C33H38N4O6S/c1-32(2)24-10-11-33(32,29(38)15-24)20-44(41,42)35-26-14-22(31(40)34-16-25-5-4-12-43-25)8-9-28(26)36-17-21-13-23(19-36)27-6-3-7-30(39)37(27)18-21/h3-9,12,14,21,23-24,35H,10-11,13,15-20H2,1-2H3,(H,34,40). The van der Waals surface area contributed by atoms with E-state index in [0.717, 1.165) is 18.5 Å². The molecule has 2 N–H and O–H groups in total. The van der Waals surface area contributed by atoms with Crippen LogP contribution in [0.5, 0.6) is 0 Å². The third kappa shape index (κ3) is 4.76. The maximum atomic E-state index is 13.9. The lowest BCUT2D eigenvalue weighted by Gasteiger charge is -2.44. The number of amides is 1. The average Bonchev–Trinajstić information content (AvgIpc) is 3.63. The Morgan fingerprint density at radius 3 is 2.64 bits per heavy atom. The zero-order valence-corrected chi connectivity index (χ0v) is 25.9. The number of aromatic nitrogens is 1. The second-order valence-electron chi connectivity index (χ2n) is 13.6. The van der Waals surface area contributed by atoms with Crippen LogP contribution in [0.15, 0.2) is 64.0 Å². The van der Waals surface area contributed by atoms with Gasteiger partial charge in [-0.25, -0.2) is 8.42 Å². The van der Waals surface area contributed by atoms with E-state index in [-0.39, 0.29) is 47.3 Å². The summed E-state index contributed by atoms with van der Waals surface area (Å²) in [5.74, 6) is 0.530. The highest BCUT2D eigenvalue weighted by molar-refractivity contribution is 7.92. The van der Waals surface area contributed by atoms with Gasteiger partial charge in [0.15, 0.2) is 0 Å². The second-order valence-corrected chi connectivity index (χ2v) is 15.3. The van der Waals surface area contributed by atoms with E-state index in [2.05, 4.69) is 14.9 Å². The van der Waals surface area contributed by atoms with Crippen LogP contribution in [0.3, 0.4) is 0 Å². The van der Waals surface area contributed by atoms with Crippen molar-refractivity contribution in [1.29, 1.82) is 0 Å². The summed E-state index contributed by atoms with van der Waals surface area (Å²) in [7, 11) is -3.98. The Morgan fingerprint density at radius 2 is 1.91 bits per heavy atom. The Hall–Kier alpha value is -3.86. The minimum absolute atomic E-state index is 0.00178. The minimum Gasteiger partial charge on any atom is -0.467 e. The van der Waals surface area contributed by atoms with E-state index < -0.39 is 20.9 Å². The van der Waals surface area contributed by atoms with Gasteiger partial charge < -0.3 is 19.2 Å². The number of anilines is 2. The Kier molecular flexibility index (Phi) is 6.80. The number of nitrogens with one attached hydrogen (secondary N) is 2. The molecule has 4 heterocycles. The number of ketones is 1. The number of nitrogens with zero attached hydrogens (tertiary/aromatic N) is 2. The maximum absolute atomic E-state index is 13.9. The number of piperidine rings is 1. The molecule has 3 fully saturated rings. The van der Waals surface area contributed by atoms with Gasteiger partial charge in [0.05, 0.1) is 35.4 Å². The third-order valence-electron chi connectivity index (χ3n) is 10.9. The molecule has 1 amide bonds. The van der Waals surface area contributed by atoms with Crippen molar-refractivity contribution < 1.29 is 22.4 Å². The largest absolute Gasteiger partial charge is 0.467 e. The van der Waals surface area contributed by atoms with Crippen molar-refractivity contribution in [2.24, 2.45) is 22.7 Å². The van der Waals surface area contributed by atoms with Crippen molar-refractivity contribution >= 4 is 33.1 Å². The summed E-state index contributed by atoms with van der Waals surface area (Å²) in [5, 5.41) is 2.83. The number of benzene rings is 1. The lowest BCUT2D eigenvalue weighted by atomic mass is 9.70. The fraction of sp³-hybridized carbons (Fsp3) is 0.485. The van der Waals surface area contributed by atoms with Crippen LogP contribution in [0.2, 0.25) is 0 Å². The molecule has 4 atom stereocenters. The van der Waals surface area contributed by atoms with Crippen molar-refractivity contribution in [3.8, 4) is 0 Å². The maximum Gasteiger partial charge on any atom is 0.251 e. The number of hydrogen-bond acceptors (Lipinski definition) is 7. The van der Waals surface area contributed by atoms with Crippen molar-refractivity contribution in [3.63, 3.8) is 0 Å². The van der Waals surface area contributed by atoms with Gasteiger partial charge in [0.25, 0.3) is 11.5 Å². The zero-order chi connectivity index (χ0) is 30.9. The first-order valence-corrected chi connectivity index (χ1v) is 17.0. The molecule has 232 valence electrons. The van der Waals surface area contributed by atoms with Gasteiger partial charge in [0, 0.05) is 49.3 Å². The quantitative estimate of drug-likeness (QED) is 0.388. The number of hydrogen-bond donors (Lipinski definition) is 2. The molecule has 4 unspecified atom stereocenters. The van der Waals surface area contributed by atoms with Crippen LogP contribution in [0.25, 0.3) is 0 Å². The van der Waals surface area contributed by atoms with Gasteiger partial charge in [-0.05, 0) is 72.9 Å². The summed E-state index contributed by atoms with van der Waals surface area (Å²) in [6, 6.07) is 14.0. The summed E-state index contributed by atoms with van der Waals surface area (Å²) in [6.07, 6.45) is 4.34. The number of carbonyl (C=O) groups excluding carboxylic acids is 2. The Morgan fingerprint density at radius 1 is 1.07 bits per heavy atom. The molecule has 2 aliphatic carbocycles. The molecular formula is C33H38N4O6S. The number of sulfonamides is 1. The molecule has 11 heteroatoms. The molecule has 2 aromatic heterocycles. The van der Waals surface area contributed by atoms with E-state index in [1.165, 1.54) is 6.26 Å². The van der Waals surface area contributed by atoms with E-state index in [1.807, 2.05) is 24.5 Å². The van der Waals surface area contributed by atoms with Crippen molar-refractivity contribution in [1.82, 2.24) is 9.88 Å². The van der Waals surface area contributed by atoms with Gasteiger partial charge in [-0.3, -0.25) is 19.1 Å². The van der Waals surface area contributed by atoms with E-state index in [1.54, 1.807) is 42.5 Å². The summed E-state index contributed by atoms with van der Waals surface area (Å²) in [6.45, 7) is 6.11. The van der Waals surface area contributed by atoms with Crippen LogP contribution in [0.4, 0.5) is 11.4 Å². The van der Waals surface area contributed by atoms with Crippen LogP contribution < -0.4 is 20.5 Å². The van der Waals surface area contributed by atoms with Crippen LogP contribution >= 0.6 is 0 Å². The van der Waals surface area contributed by atoms with Crippen LogP contribution in [-0.4, -0.2) is 43.5 Å². The summed E-state index contributed by atoms with van der Waals surface area (Å²) < 4.78 is 37.9. The first kappa shape index (κ1) is 28.9. The van der Waals surface area contributed by atoms with Gasteiger partial charge in [0.1, 0.15) is 11.5 Å². The molecule has 44 heavy (non-hydrogen) atoms. The van der Waals surface area contributed by atoms with E-state index in [4.69, 9.17) is 4.42 Å². The van der Waals surface area contributed by atoms with Gasteiger partial charge in [-0.2, -0.15) is 0 Å².